The molecule has 0 heterocycles. The minimum atomic E-state index is 0. The zero-order valence-electron chi connectivity index (χ0n) is 53.4. The fourth-order valence-corrected chi connectivity index (χ4v) is 11.3. The molecule has 0 amide bonds. The van der Waals surface area contributed by atoms with E-state index in [2.05, 4.69) is 69.2 Å². The molecule has 6 aliphatic carbocycles. The molecule has 6 atom stereocenters. The van der Waals surface area contributed by atoms with Crippen molar-refractivity contribution in [1.29, 1.82) is 0 Å². The van der Waals surface area contributed by atoms with Gasteiger partial charge in [-0.15, -0.1) is 72.8 Å². The molecular weight excluding hydrogens is 1220 g/mol. The van der Waals surface area contributed by atoms with Crippen LogP contribution in [0.5, 0.6) is 0 Å². The Bertz CT molecular complexity index is 1750. The van der Waals surface area contributed by atoms with Crippen LogP contribution < -0.4 is 0 Å². The van der Waals surface area contributed by atoms with E-state index < -0.39 is 0 Å². The fourth-order valence-electron chi connectivity index (χ4n) is 11.3. The van der Waals surface area contributed by atoms with Crippen molar-refractivity contribution in [1.82, 2.24) is 0 Å². The van der Waals surface area contributed by atoms with Crippen LogP contribution in [0.3, 0.4) is 0 Å². The smallest absolute Gasteiger partial charge is 0.358 e. The molecule has 6 aromatic rings. The summed E-state index contributed by atoms with van der Waals surface area (Å²) in [4.78, 5) is 0. The predicted molar refractivity (Wildman–Crippen MR) is 360 cm³/mol. The molecule has 82 heavy (non-hydrogen) atoms. The Morgan fingerprint density at radius 1 is 0.244 bits per heavy atom. The molecule has 6 unspecified atom stereocenters. The summed E-state index contributed by atoms with van der Waals surface area (Å²) >= 11 is 0. The first kappa shape index (κ1) is 90.4. The number of benzene rings is 6. The maximum atomic E-state index is 3.72. The van der Waals surface area contributed by atoms with Gasteiger partial charge in [-0.3, -0.25) is 0 Å². The molecule has 0 bridgehead atoms. The van der Waals surface area contributed by atoms with Crippen molar-refractivity contribution in [2.75, 3.05) is 0 Å². The molecule has 0 nitrogen and oxygen atoms in total. The second kappa shape index (κ2) is 62.7. The predicted octanol–water partition coefficient (Wildman–Crippen LogP) is 24.3. The SMILES string of the molecule is C1CCC2C(C1)CC1CCCCC12.C1CCC2CCCC2C1.CC1CCCC1.[CH2-]C.[CH2-]C.[CH2-]C.[CH2-]c1ccccc1.[CH2-]c1ccccc1.[CH2-]c1ccccc1.[CH2-]c1ccccc1.[CH2-]c1ccccc1.[CH2-]c1ccccc1.[CH3-].[CH3-].[CH3-].[Zr+4].[Zr+4].[Zr+4]. The molecule has 3 heteroatoms. The van der Waals surface area contributed by atoms with Gasteiger partial charge in [-0.25, -0.2) is 0 Å². The molecule has 0 N–H and O–H groups in total. The third-order valence-electron chi connectivity index (χ3n) is 15.0. The van der Waals surface area contributed by atoms with Crippen LogP contribution in [-0.2, 0) is 78.6 Å². The standard InChI is InChI=1S/C13H22.C9H16.6C7H7.C6H12.3C2H5.3CH3.3Zr/c1-3-7-12-10(5-1)9-11-6-2-4-8-13(11)12;1-2-5-9-7-3-6-8(9)4-1;6*1-7-5-3-2-4-6-7;1-6-4-2-3-5-6;3*1-2;;;;;;/h10-13H,1-9H2;8-9H,1-7H2;6*2-6H,1H2;6H,2-5H2,1H3;3*1H2,2H3;3*1H3;;;/q;;6*-1;;6*-1;3*+4. The maximum absolute atomic E-state index is 3.72. The topological polar surface area (TPSA) is 0 Å². The van der Waals surface area contributed by atoms with Gasteiger partial charge in [0.1, 0.15) is 0 Å². The van der Waals surface area contributed by atoms with Crippen LogP contribution in [0.4, 0.5) is 0 Å². The molecule has 6 aliphatic rings. The van der Waals surface area contributed by atoms with Crippen LogP contribution in [0.25, 0.3) is 0 Å². The average Bonchev–Trinajstić information content (AvgIpc) is 4.26. The summed E-state index contributed by atoms with van der Waals surface area (Å²) < 4.78 is 0. The monoisotopic (exact) mass is 1330 g/mol. The molecule has 6 aromatic carbocycles. The first-order valence-electron chi connectivity index (χ1n) is 29.5. The van der Waals surface area contributed by atoms with Crippen molar-refractivity contribution in [2.45, 2.75) is 156 Å². The Labute approximate surface area is 570 Å². The van der Waals surface area contributed by atoms with E-state index in [9.17, 15) is 0 Å². The van der Waals surface area contributed by atoms with E-state index >= 15 is 0 Å². The molecule has 444 valence electrons. The summed E-state index contributed by atoms with van der Waals surface area (Å²) in [7, 11) is 0. The van der Waals surface area contributed by atoms with Crippen LogP contribution in [0.15, 0.2) is 182 Å². The summed E-state index contributed by atoms with van der Waals surface area (Å²) in [5.74, 6) is 8.07. The van der Waals surface area contributed by atoms with E-state index in [1.165, 1.54) is 80.5 Å². The molecule has 0 radical (unpaired) electrons. The van der Waals surface area contributed by atoms with Gasteiger partial charge in [0.15, 0.2) is 0 Å². The molecule has 0 spiro atoms. The molecule has 0 aliphatic heterocycles. The number of hydrogen-bond donors (Lipinski definition) is 0. The van der Waals surface area contributed by atoms with Crippen molar-refractivity contribution in [3.63, 3.8) is 0 Å². The van der Waals surface area contributed by atoms with E-state index in [4.69, 9.17) is 0 Å². The first-order chi connectivity index (χ1) is 37.2. The fraction of sp³-hybridized carbons (Fsp3) is 0.392. The molecule has 12 rings (SSSR count). The van der Waals surface area contributed by atoms with E-state index in [0.717, 1.165) is 39.3 Å². The van der Waals surface area contributed by atoms with Crippen LogP contribution in [0.2, 0.25) is 0 Å². The summed E-state index contributed by atoms with van der Waals surface area (Å²) in [6.07, 6.45) is 30.9. The van der Waals surface area contributed by atoms with Crippen LogP contribution in [0, 0.1) is 126 Å². The van der Waals surface area contributed by atoms with Gasteiger partial charge in [0.05, 0.1) is 0 Å². The normalized spacial score (nSPS) is 19.1. The van der Waals surface area contributed by atoms with Crippen LogP contribution in [-0.4, -0.2) is 0 Å². The quantitative estimate of drug-likeness (QED) is 0.133. The average molecular weight is 1340 g/mol. The van der Waals surface area contributed by atoms with Gasteiger partial charge in [0.2, 0.25) is 0 Å². The first-order valence-corrected chi connectivity index (χ1v) is 29.5. The van der Waals surface area contributed by atoms with Gasteiger partial charge in [0, 0.05) is 0 Å². The van der Waals surface area contributed by atoms with Gasteiger partial charge in [-0.1, -0.05) is 152 Å². The molecule has 0 saturated heterocycles. The van der Waals surface area contributed by atoms with Gasteiger partial charge >= 0.3 is 78.6 Å². The minimum Gasteiger partial charge on any atom is -0.358 e. The summed E-state index contributed by atoms with van der Waals surface area (Å²) in [5.41, 5.74) is 6.43. The minimum absolute atomic E-state index is 0. The van der Waals surface area contributed by atoms with E-state index in [1.54, 1.807) is 104 Å². The number of fused-ring (bicyclic) bond motifs is 4. The van der Waals surface area contributed by atoms with Gasteiger partial charge in [-0.05, 0) is 60.7 Å². The largest absolute Gasteiger partial charge is 4.00 e. The third kappa shape index (κ3) is 45.5. The Hall–Kier alpha value is -2.81. The Morgan fingerprint density at radius 3 is 0.585 bits per heavy atom. The zero-order chi connectivity index (χ0) is 55.9. The number of rotatable bonds is 0. The second-order valence-electron chi connectivity index (χ2n) is 20.7. The Kier molecular flexibility index (Phi) is 69.1. The summed E-state index contributed by atoms with van der Waals surface area (Å²) in [6, 6.07) is 59.2. The van der Waals surface area contributed by atoms with Crippen LogP contribution in [0.1, 0.15) is 189 Å². The van der Waals surface area contributed by atoms with Gasteiger partial charge in [-0.2, -0.15) is 168 Å². The number of hydrogen-bond acceptors (Lipinski definition) is 0. The molecule has 6 fully saturated rings. The summed E-state index contributed by atoms with van der Waals surface area (Å²) in [6.45, 7) is 39.7. The zero-order valence-corrected chi connectivity index (χ0v) is 60.7. The second-order valence-corrected chi connectivity index (χ2v) is 20.7. The maximum Gasteiger partial charge on any atom is 4.00 e. The Balaban J connectivity index is -0.000000196. The van der Waals surface area contributed by atoms with Gasteiger partial charge in [0.25, 0.3) is 0 Å². The van der Waals surface area contributed by atoms with Crippen molar-refractivity contribution >= 4 is 0 Å². The van der Waals surface area contributed by atoms with E-state index in [0.29, 0.717) is 0 Å². The third-order valence-corrected chi connectivity index (χ3v) is 15.0. The van der Waals surface area contributed by atoms with E-state index in [-0.39, 0.29) is 101 Å². The van der Waals surface area contributed by atoms with Crippen molar-refractivity contribution in [3.05, 3.63) is 300 Å². The molecular formula is C79H116Zr3. The van der Waals surface area contributed by atoms with E-state index in [1.807, 2.05) is 182 Å². The Morgan fingerprint density at radius 2 is 0.415 bits per heavy atom. The van der Waals surface area contributed by atoms with Crippen molar-refractivity contribution in [3.8, 4) is 0 Å². The van der Waals surface area contributed by atoms with Gasteiger partial charge < -0.3 is 43.1 Å². The van der Waals surface area contributed by atoms with Crippen LogP contribution >= 0.6 is 0 Å². The summed E-state index contributed by atoms with van der Waals surface area (Å²) in [5, 5.41) is 0. The molecule has 0 aromatic heterocycles. The van der Waals surface area contributed by atoms with Crippen molar-refractivity contribution < 1.29 is 78.6 Å². The van der Waals surface area contributed by atoms with Crippen molar-refractivity contribution in [2.24, 2.45) is 41.4 Å². The molecule has 6 saturated carbocycles.